The van der Waals surface area contributed by atoms with Crippen molar-refractivity contribution >= 4 is 22.8 Å². The Kier molecular flexibility index (Phi) is 2.36. The third-order valence-electron chi connectivity index (χ3n) is 2.34. The number of aromatic amines is 1. The van der Waals surface area contributed by atoms with Crippen LogP contribution in [0.2, 0.25) is 0 Å². The summed E-state index contributed by atoms with van der Waals surface area (Å²) in [6, 6.07) is 6.74. The fourth-order valence-electron chi connectivity index (χ4n) is 1.70. The molecule has 0 saturated heterocycles. The highest BCUT2D eigenvalue weighted by atomic mass is 16.4. The Bertz CT molecular complexity index is 570. The van der Waals surface area contributed by atoms with Gasteiger partial charge in [0.05, 0.1) is 11.7 Å². The zero-order valence-corrected chi connectivity index (χ0v) is 8.15. The van der Waals surface area contributed by atoms with Crippen molar-refractivity contribution in [1.29, 1.82) is 0 Å². The number of benzene rings is 1. The van der Waals surface area contributed by atoms with Crippen molar-refractivity contribution in [2.24, 2.45) is 0 Å². The zero-order valence-electron chi connectivity index (χ0n) is 8.15. The molecule has 82 valence electrons. The number of hydrogen-bond acceptors (Lipinski definition) is 4. The first-order chi connectivity index (χ1) is 7.59. The predicted molar refractivity (Wildman–Crippen MR) is 51.3 cm³/mol. The Balaban J connectivity index is 2.69. The first-order valence-electron chi connectivity index (χ1n) is 4.60. The van der Waals surface area contributed by atoms with Crippen molar-refractivity contribution in [3.8, 4) is 0 Å². The number of fused-ring (bicyclic) bond motifs is 1. The maximum absolute atomic E-state index is 10.8. The van der Waals surface area contributed by atoms with Crippen LogP contribution >= 0.6 is 0 Å². The third-order valence-corrected chi connectivity index (χ3v) is 2.34. The molecule has 0 radical (unpaired) electrons. The second-order valence-corrected chi connectivity index (χ2v) is 3.36. The van der Waals surface area contributed by atoms with Crippen LogP contribution in [0, 0.1) is 0 Å². The summed E-state index contributed by atoms with van der Waals surface area (Å²) in [5, 5.41) is 21.9. The average Bonchev–Trinajstić information content (AvgIpc) is 2.57. The van der Waals surface area contributed by atoms with Gasteiger partial charge in [-0.3, -0.25) is 0 Å². The van der Waals surface area contributed by atoms with Crippen molar-refractivity contribution in [2.75, 3.05) is 0 Å². The number of carboxylic acid groups (broad SMARTS) is 2. The lowest BCUT2D eigenvalue weighted by Crippen LogP contribution is -2.28. The molecule has 1 aromatic heterocycles. The van der Waals surface area contributed by atoms with Crippen molar-refractivity contribution in [1.82, 2.24) is 4.98 Å². The van der Waals surface area contributed by atoms with E-state index in [1.54, 1.807) is 24.3 Å². The van der Waals surface area contributed by atoms with Gasteiger partial charge in [-0.2, -0.15) is 0 Å². The van der Waals surface area contributed by atoms with E-state index in [2.05, 4.69) is 4.98 Å². The maximum atomic E-state index is 10.8. The standard InChI is InChI=1S/C11H9NO4/c13-9(14)5-7-6-3-1-2-4-8(6)12-10(7)11(15)16/h1-4,12H,5H2,(H,13,14)(H,15,16)/p-2. The quantitative estimate of drug-likeness (QED) is 0.700. The second-order valence-electron chi connectivity index (χ2n) is 3.36. The van der Waals surface area contributed by atoms with Crippen LogP contribution in [0.15, 0.2) is 24.3 Å². The largest absolute Gasteiger partial charge is 0.550 e. The summed E-state index contributed by atoms with van der Waals surface area (Å²) in [5.74, 6) is -2.75. The van der Waals surface area contributed by atoms with Gasteiger partial charge < -0.3 is 24.8 Å². The number of rotatable bonds is 3. The van der Waals surface area contributed by atoms with Crippen LogP contribution in [-0.2, 0) is 11.2 Å². The Labute approximate surface area is 90.3 Å². The van der Waals surface area contributed by atoms with Gasteiger partial charge >= 0.3 is 0 Å². The smallest absolute Gasteiger partial charge is 0.0881 e. The molecule has 1 heterocycles. The molecular formula is C11H7NO4-2. The van der Waals surface area contributed by atoms with Crippen LogP contribution < -0.4 is 10.2 Å². The topological polar surface area (TPSA) is 96.0 Å². The molecule has 1 aromatic carbocycles. The van der Waals surface area contributed by atoms with E-state index in [1.807, 2.05) is 0 Å². The van der Waals surface area contributed by atoms with Gasteiger partial charge in [-0.25, -0.2) is 0 Å². The van der Waals surface area contributed by atoms with Gasteiger partial charge in [-0.15, -0.1) is 0 Å². The summed E-state index contributed by atoms with van der Waals surface area (Å²) in [5.41, 5.74) is 0.555. The highest BCUT2D eigenvalue weighted by Crippen LogP contribution is 2.22. The van der Waals surface area contributed by atoms with Gasteiger partial charge in [0, 0.05) is 23.3 Å². The third kappa shape index (κ3) is 1.63. The minimum absolute atomic E-state index is 0.190. The molecule has 0 bridgehead atoms. The molecule has 0 amide bonds. The number of carbonyl (C=O) groups is 2. The van der Waals surface area contributed by atoms with Crippen LogP contribution in [0.5, 0.6) is 0 Å². The molecule has 5 heteroatoms. The maximum Gasteiger partial charge on any atom is 0.0881 e. The first-order valence-corrected chi connectivity index (χ1v) is 4.60. The van der Waals surface area contributed by atoms with Crippen LogP contribution in [0.1, 0.15) is 16.1 Å². The molecule has 0 aliphatic heterocycles. The van der Waals surface area contributed by atoms with Crippen molar-refractivity contribution in [3.05, 3.63) is 35.5 Å². The normalized spacial score (nSPS) is 10.5. The van der Waals surface area contributed by atoms with Crippen LogP contribution in [0.3, 0.4) is 0 Å². The lowest BCUT2D eigenvalue weighted by Gasteiger charge is -2.05. The molecule has 5 nitrogen and oxygen atoms in total. The first kappa shape index (κ1) is 10.2. The minimum Gasteiger partial charge on any atom is -0.550 e. The van der Waals surface area contributed by atoms with Crippen molar-refractivity contribution in [3.63, 3.8) is 0 Å². The number of H-pyrrole nitrogens is 1. The van der Waals surface area contributed by atoms with Gasteiger partial charge in [0.1, 0.15) is 0 Å². The lowest BCUT2D eigenvalue weighted by molar-refractivity contribution is -0.304. The minimum atomic E-state index is -1.42. The zero-order chi connectivity index (χ0) is 11.7. The molecule has 16 heavy (non-hydrogen) atoms. The summed E-state index contributed by atoms with van der Waals surface area (Å²) < 4.78 is 0. The van der Waals surface area contributed by atoms with Crippen molar-refractivity contribution < 1.29 is 19.8 Å². The molecule has 2 rings (SSSR count). The number of nitrogens with one attached hydrogen (secondary N) is 1. The summed E-state index contributed by atoms with van der Waals surface area (Å²) in [6.45, 7) is 0. The van der Waals surface area contributed by atoms with Gasteiger partial charge in [-0.1, -0.05) is 18.2 Å². The van der Waals surface area contributed by atoms with Gasteiger partial charge in [0.25, 0.3) is 0 Å². The summed E-state index contributed by atoms with van der Waals surface area (Å²) in [7, 11) is 0. The molecule has 0 unspecified atom stereocenters. The summed E-state index contributed by atoms with van der Waals surface area (Å²) in [6.07, 6.45) is -0.451. The number of para-hydroxylation sites is 1. The molecule has 0 fully saturated rings. The van der Waals surface area contributed by atoms with Gasteiger partial charge in [0.2, 0.25) is 0 Å². The molecule has 0 aliphatic carbocycles. The Hall–Kier alpha value is -2.30. The number of aromatic nitrogens is 1. The van der Waals surface area contributed by atoms with Crippen LogP contribution in [-0.4, -0.2) is 16.9 Å². The van der Waals surface area contributed by atoms with Crippen LogP contribution in [0.25, 0.3) is 10.9 Å². The molecular weight excluding hydrogens is 210 g/mol. The van der Waals surface area contributed by atoms with E-state index in [0.717, 1.165) is 0 Å². The summed E-state index contributed by atoms with van der Waals surface area (Å²) in [4.78, 5) is 24.0. The monoisotopic (exact) mass is 217 g/mol. The molecule has 1 N–H and O–H groups in total. The Morgan fingerprint density at radius 2 is 1.88 bits per heavy atom. The second kappa shape index (κ2) is 3.69. The highest BCUT2D eigenvalue weighted by molar-refractivity contribution is 5.98. The van der Waals surface area contributed by atoms with E-state index >= 15 is 0 Å². The number of aromatic carboxylic acids is 1. The Morgan fingerprint density at radius 1 is 1.19 bits per heavy atom. The molecule has 2 aromatic rings. The molecule has 0 spiro atoms. The number of carbonyl (C=O) groups excluding carboxylic acids is 2. The fourth-order valence-corrected chi connectivity index (χ4v) is 1.70. The average molecular weight is 217 g/mol. The van der Waals surface area contributed by atoms with Crippen molar-refractivity contribution in [2.45, 2.75) is 6.42 Å². The number of carboxylic acids is 2. The lowest BCUT2D eigenvalue weighted by atomic mass is 10.1. The summed E-state index contributed by atoms with van der Waals surface area (Å²) >= 11 is 0. The van der Waals surface area contributed by atoms with Crippen LogP contribution in [0.4, 0.5) is 0 Å². The van der Waals surface area contributed by atoms with Gasteiger partial charge in [0.15, 0.2) is 0 Å². The molecule has 0 saturated carbocycles. The van der Waals surface area contributed by atoms with E-state index in [1.165, 1.54) is 0 Å². The fraction of sp³-hybridized carbons (Fsp3) is 0.0909. The van der Waals surface area contributed by atoms with Gasteiger partial charge in [-0.05, 0) is 11.6 Å². The SMILES string of the molecule is O=C([O-])Cc1c(C(=O)[O-])[nH]c2ccccc12. The highest BCUT2D eigenvalue weighted by Gasteiger charge is 2.11. The predicted octanol–water partition coefficient (Wildman–Crippen LogP) is -1.18. The Morgan fingerprint density at radius 3 is 2.50 bits per heavy atom. The molecule has 0 atom stereocenters. The number of hydrogen-bond donors (Lipinski definition) is 1. The van der Waals surface area contributed by atoms with E-state index in [4.69, 9.17) is 0 Å². The molecule has 0 aliphatic rings. The van der Waals surface area contributed by atoms with E-state index in [9.17, 15) is 19.8 Å². The number of aliphatic carboxylic acids is 1. The van der Waals surface area contributed by atoms with E-state index in [0.29, 0.717) is 10.9 Å². The van der Waals surface area contributed by atoms with E-state index in [-0.39, 0.29) is 11.3 Å². The van der Waals surface area contributed by atoms with E-state index < -0.39 is 18.4 Å².